The van der Waals surface area contributed by atoms with Crippen LogP contribution in [0.15, 0.2) is 48.9 Å². The first-order chi connectivity index (χ1) is 19.0. The van der Waals surface area contributed by atoms with Crippen LogP contribution < -0.4 is 10.1 Å². The zero-order valence-electron chi connectivity index (χ0n) is 20.8. The van der Waals surface area contributed by atoms with Crippen molar-refractivity contribution in [1.82, 2.24) is 24.3 Å². The van der Waals surface area contributed by atoms with Gasteiger partial charge in [-0.25, -0.2) is 23.2 Å². The number of nitrogens with zero attached hydrogens (tertiary/aromatic N) is 5. The normalized spacial score (nSPS) is 14.9. The molecule has 0 amide bonds. The maximum atomic E-state index is 14.5. The average Bonchev–Trinajstić information content (AvgIpc) is 3.45. The van der Waals surface area contributed by atoms with Crippen molar-refractivity contribution in [1.29, 1.82) is 0 Å². The highest BCUT2D eigenvalue weighted by Crippen LogP contribution is 2.35. The van der Waals surface area contributed by atoms with E-state index in [0.29, 0.717) is 34.8 Å². The highest BCUT2D eigenvalue weighted by atomic mass is 35.5. The lowest BCUT2D eigenvalue weighted by molar-refractivity contribution is -0.192. The lowest BCUT2D eigenvalue weighted by Crippen LogP contribution is -2.21. The predicted octanol–water partition coefficient (Wildman–Crippen LogP) is 6.10. The molecule has 40 heavy (non-hydrogen) atoms. The maximum absolute atomic E-state index is 14.5. The third-order valence-corrected chi connectivity index (χ3v) is 6.17. The van der Waals surface area contributed by atoms with Gasteiger partial charge in [0.15, 0.2) is 0 Å². The fourth-order valence-electron chi connectivity index (χ4n) is 4.18. The van der Waals surface area contributed by atoms with Gasteiger partial charge in [0.2, 0.25) is 5.95 Å². The standard InChI is InChI=1S/C23H21ClF2N6O.C2HF3O2/c1-33-20-11-15(6-8-19(20)31-12-21(24)27-13-31)28-23-29-22-17(4-2-3-9-32(22)30-23)16-7-5-14(25)10-18(16)26;3-2(4,5)1(6)7/h5-8,10-13,17H,2-4,9H2,1H3,(H,28,30);(H,6,7). The smallest absolute Gasteiger partial charge is 0.490 e. The molecule has 2 N–H and O–H groups in total. The van der Waals surface area contributed by atoms with Crippen molar-refractivity contribution >= 4 is 29.2 Å². The molecule has 0 radical (unpaired) electrons. The number of aryl methyl sites for hydroxylation is 1. The van der Waals surface area contributed by atoms with Crippen LogP contribution >= 0.6 is 11.6 Å². The number of nitrogens with one attached hydrogen (secondary N) is 1. The van der Waals surface area contributed by atoms with Crippen molar-refractivity contribution in [2.75, 3.05) is 12.4 Å². The molecule has 0 saturated heterocycles. The summed E-state index contributed by atoms with van der Waals surface area (Å²) >= 11 is 5.93. The van der Waals surface area contributed by atoms with Crippen LogP contribution in [-0.2, 0) is 11.3 Å². The van der Waals surface area contributed by atoms with Crippen LogP contribution in [0.25, 0.3) is 5.69 Å². The summed E-state index contributed by atoms with van der Waals surface area (Å²) in [5, 5.41) is 15.3. The first-order valence-corrected chi connectivity index (χ1v) is 12.2. The van der Waals surface area contributed by atoms with Gasteiger partial charge < -0.3 is 19.7 Å². The lowest BCUT2D eigenvalue weighted by Gasteiger charge is -2.15. The number of hydrogen-bond acceptors (Lipinski definition) is 6. The van der Waals surface area contributed by atoms with Gasteiger partial charge in [0.1, 0.15) is 34.7 Å². The number of aromatic nitrogens is 5. The minimum absolute atomic E-state index is 0.293. The second-order valence-electron chi connectivity index (χ2n) is 8.65. The van der Waals surface area contributed by atoms with E-state index in [9.17, 15) is 22.0 Å². The average molecular weight is 585 g/mol. The number of methoxy groups -OCH3 is 1. The van der Waals surface area contributed by atoms with Gasteiger partial charge in [0, 0.05) is 36.5 Å². The molecule has 3 heterocycles. The van der Waals surface area contributed by atoms with Crippen LogP contribution in [-0.4, -0.2) is 48.7 Å². The van der Waals surface area contributed by atoms with Gasteiger partial charge in [-0.1, -0.05) is 24.1 Å². The molecule has 4 aromatic rings. The van der Waals surface area contributed by atoms with Crippen molar-refractivity contribution in [3.8, 4) is 11.4 Å². The van der Waals surface area contributed by atoms with E-state index in [1.807, 2.05) is 22.9 Å². The number of aliphatic carboxylic acids is 1. The van der Waals surface area contributed by atoms with Gasteiger partial charge in [0.05, 0.1) is 12.8 Å². The van der Waals surface area contributed by atoms with E-state index in [0.717, 1.165) is 36.7 Å². The number of carboxylic acids is 1. The maximum Gasteiger partial charge on any atom is 0.490 e. The quantitative estimate of drug-likeness (QED) is 0.273. The summed E-state index contributed by atoms with van der Waals surface area (Å²) in [6, 6.07) is 9.27. The molecule has 0 spiro atoms. The van der Waals surface area contributed by atoms with Gasteiger partial charge >= 0.3 is 12.1 Å². The molecule has 1 aliphatic heterocycles. The van der Waals surface area contributed by atoms with Crippen LogP contribution in [0, 0.1) is 11.6 Å². The third kappa shape index (κ3) is 6.68. The molecular formula is C25H22ClF5N6O3. The van der Waals surface area contributed by atoms with E-state index in [-0.39, 0.29) is 5.92 Å². The highest BCUT2D eigenvalue weighted by Gasteiger charge is 2.38. The fourth-order valence-corrected chi connectivity index (χ4v) is 4.32. The van der Waals surface area contributed by atoms with E-state index < -0.39 is 23.8 Å². The van der Waals surface area contributed by atoms with E-state index in [1.165, 1.54) is 12.1 Å². The molecule has 1 atom stereocenters. The van der Waals surface area contributed by atoms with Crippen LogP contribution in [0.1, 0.15) is 36.6 Å². The third-order valence-electron chi connectivity index (χ3n) is 5.97. The highest BCUT2D eigenvalue weighted by molar-refractivity contribution is 6.29. The van der Waals surface area contributed by atoms with Crippen molar-refractivity contribution in [2.24, 2.45) is 0 Å². The molecule has 0 bridgehead atoms. The molecule has 2 aromatic heterocycles. The number of alkyl halides is 3. The Hall–Kier alpha value is -4.20. The van der Waals surface area contributed by atoms with Gasteiger partial charge in [0.25, 0.3) is 0 Å². The summed E-state index contributed by atoms with van der Waals surface area (Å²) in [7, 11) is 1.58. The lowest BCUT2D eigenvalue weighted by atomic mass is 9.93. The zero-order valence-corrected chi connectivity index (χ0v) is 21.5. The Bertz CT molecular complexity index is 1510. The Morgan fingerprint density at radius 1 is 1.18 bits per heavy atom. The number of benzene rings is 2. The zero-order chi connectivity index (χ0) is 29.0. The van der Waals surface area contributed by atoms with Crippen molar-refractivity contribution in [2.45, 2.75) is 37.9 Å². The van der Waals surface area contributed by atoms with Crippen LogP contribution in [0.4, 0.5) is 33.6 Å². The number of fused-ring (bicyclic) bond motifs is 1. The summed E-state index contributed by atoms with van der Waals surface area (Å²) in [4.78, 5) is 17.6. The first kappa shape index (κ1) is 28.8. The topological polar surface area (TPSA) is 107 Å². The molecule has 212 valence electrons. The van der Waals surface area contributed by atoms with E-state index >= 15 is 0 Å². The molecule has 15 heteroatoms. The van der Waals surface area contributed by atoms with Crippen molar-refractivity contribution < 1.29 is 36.6 Å². The monoisotopic (exact) mass is 584 g/mol. The number of carbonyl (C=O) groups is 1. The summed E-state index contributed by atoms with van der Waals surface area (Å²) in [5.41, 5.74) is 1.94. The fraction of sp³-hybridized carbons (Fsp3) is 0.280. The largest absolute Gasteiger partial charge is 0.494 e. The van der Waals surface area contributed by atoms with Gasteiger partial charge in [-0.15, -0.1) is 5.10 Å². The number of imidazole rings is 1. The van der Waals surface area contributed by atoms with E-state index in [1.54, 1.807) is 24.2 Å². The predicted molar refractivity (Wildman–Crippen MR) is 134 cm³/mol. The second kappa shape index (κ2) is 11.9. The van der Waals surface area contributed by atoms with Crippen LogP contribution in [0.5, 0.6) is 5.75 Å². The minimum Gasteiger partial charge on any atom is -0.494 e. The molecule has 9 nitrogen and oxygen atoms in total. The van der Waals surface area contributed by atoms with Crippen molar-refractivity contribution in [3.63, 3.8) is 0 Å². The second-order valence-corrected chi connectivity index (χ2v) is 9.04. The number of ether oxygens (including phenoxy) is 1. The first-order valence-electron chi connectivity index (χ1n) is 11.8. The Morgan fingerprint density at radius 2 is 1.93 bits per heavy atom. The number of hydrogen-bond donors (Lipinski definition) is 2. The molecule has 0 fully saturated rings. The number of anilines is 2. The molecule has 0 saturated carbocycles. The van der Waals surface area contributed by atoms with Crippen LogP contribution in [0.3, 0.4) is 0 Å². The van der Waals surface area contributed by atoms with E-state index in [2.05, 4.69) is 20.4 Å². The van der Waals surface area contributed by atoms with Crippen molar-refractivity contribution in [3.05, 3.63) is 77.1 Å². The number of rotatable bonds is 5. The summed E-state index contributed by atoms with van der Waals surface area (Å²) < 4.78 is 68.8. The minimum atomic E-state index is -5.08. The van der Waals surface area contributed by atoms with E-state index in [4.69, 9.17) is 26.2 Å². The molecule has 1 aliphatic rings. The Balaban J connectivity index is 0.000000470. The summed E-state index contributed by atoms with van der Waals surface area (Å²) in [6.45, 7) is 0.687. The molecule has 1 unspecified atom stereocenters. The molecule has 5 rings (SSSR count). The van der Waals surface area contributed by atoms with Crippen LogP contribution in [0.2, 0.25) is 5.15 Å². The Morgan fingerprint density at radius 3 is 2.55 bits per heavy atom. The van der Waals surface area contributed by atoms with Gasteiger partial charge in [-0.3, -0.25) is 0 Å². The molecule has 0 aliphatic carbocycles. The van der Waals surface area contributed by atoms with Gasteiger partial charge in [-0.05, 0) is 36.6 Å². The molecule has 2 aromatic carbocycles. The number of carboxylic acid groups (broad SMARTS) is 1. The number of halogens is 6. The molecular weight excluding hydrogens is 563 g/mol. The summed E-state index contributed by atoms with van der Waals surface area (Å²) in [5.74, 6) is -2.53. The Kier molecular flexibility index (Phi) is 8.57. The Labute approximate surface area is 229 Å². The van der Waals surface area contributed by atoms with Gasteiger partial charge in [-0.2, -0.15) is 18.2 Å². The summed E-state index contributed by atoms with van der Waals surface area (Å²) in [6.07, 6.45) is 0.749. The SMILES string of the molecule is COc1cc(Nc2nc3n(n2)CCCCC3c2ccc(F)cc2F)ccc1-n1cnc(Cl)c1.O=C(O)C(F)(F)F.